The zero-order valence-corrected chi connectivity index (χ0v) is 13.2. The van der Waals surface area contributed by atoms with E-state index in [4.69, 9.17) is 21.7 Å². The minimum absolute atomic E-state index is 0.142. The number of primary amides is 1. The Morgan fingerprint density at radius 1 is 0.958 bits per heavy atom. The van der Waals surface area contributed by atoms with E-state index in [-0.39, 0.29) is 25.7 Å². The minimum atomic E-state index is -1.28. The van der Waals surface area contributed by atoms with E-state index in [9.17, 15) is 24.0 Å². The number of nitrogens with one attached hydrogen (secondary N) is 2. The molecular weight excluding hydrogens is 324 g/mol. The molecule has 3 atom stereocenters. The van der Waals surface area contributed by atoms with Crippen LogP contribution in [0.3, 0.4) is 0 Å². The summed E-state index contributed by atoms with van der Waals surface area (Å²) in [6, 6.07) is -3.59. The number of hydrogen-bond donors (Lipinski definition) is 6. The maximum absolute atomic E-state index is 12.0. The first-order valence-corrected chi connectivity index (χ1v) is 7.13. The van der Waals surface area contributed by atoms with Gasteiger partial charge in [-0.3, -0.25) is 24.0 Å². The molecule has 0 aliphatic heterocycles. The summed E-state index contributed by atoms with van der Waals surface area (Å²) >= 11 is 0. The molecule has 0 aliphatic carbocycles. The van der Waals surface area contributed by atoms with Crippen molar-refractivity contribution in [2.75, 3.05) is 0 Å². The molecule has 11 nitrogen and oxygen atoms in total. The van der Waals surface area contributed by atoms with Crippen molar-refractivity contribution in [3.8, 4) is 0 Å². The molecule has 0 fully saturated rings. The summed E-state index contributed by atoms with van der Waals surface area (Å²) in [6.07, 6.45) is -0.839. The van der Waals surface area contributed by atoms with Crippen molar-refractivity contribution in [2.45, 2.75) is 50.7 Å². The zero-order valence-electron chi connectivity index (χ0n) is 13.2. The van der Waals surface area contributed by atoms with Crippen LogP contribution in [-0.4, -0.2) is 58.0 Å². The fourth-order valence-corrected chi connectivity index (χ4v) is 1.62. The number of carboxylic acid groups (broad SMARTS) is 2. The maximum Gasteiger partial charge on any atom is 0.325 e. The van der Waals surface area contributed by atoms with E-state index < -0.39 is 47.8 Å². The van der Waals surface area contributed by atoms with Crippen molar-refractivity contribution in [3.63, 3.8) is 0 Å². The number of carboxylic acids is 2. The monoisotopic (exact) mass is 346 g/mol. The van der Waals surface area contributed by atoms with Gasteiger partial charge < -0.3 is 32.3 Å². The van der Waals surface area contributed by atoms with Gasteiger partial charge in [0.05, 0.1) is 6.04 Å². The van der Waals surface area contributed by atoms with Crippen LogP contribution in [0.15, 0.2) is 0 Å². The first-order chi connectivity index (χ1) is 11.0. The number of amides is 3. The predicted molar refractivity (Wildman–Crippen MR) is 80.4 cm³/mol. The number of aliphatic carboxylic acids is 2. The van der Waals surface area contributed by atoms with Crippen LogP contribution in [0, 0.1) is 0 Å². The Morgan fingerprint density at radius 3 is 2.00 bits per heavy atom. The fourth-order valence-electron chi connectivity index (χ4n) is 1.62. The quantitative estimate of drug-likeness (QED) is 0.236. The van der Waals surface area contributed by atoms with Crippen LogP contribution in [0.5, 0.6) is 0 Å². The Balaban J connectivity index is 4.83. The first kappa shape index (κ1) is 21.3. The Labute approximate surface area is 137 Å². The summed E-state index contributed by atoms with van der Waals surface area (Å²) in [5, 5.41) is 21.8. The number of carbonyl (C=O) groups is 5. The van der Waals surface area contributed by atoms with Crippen LogP contribution in [0.4, 0.5) is 0 Å². The van der Waals surface area contributed by atoms with Crippen LogP contribution in [0.25, 0.3) is 0 Å². The smallest absolute Gasteiger partial charge is 0.325 e. The Morgan fingerprint density at radius 2 is 1.54 bits per heavy atom. The molecule has 11 heteroatoms. The van der Waals surface area contributed by atoms with Gasteiger partial charge in [0.2, 0.25) is 17.7 Å². The van der Waals surface area contributed by atoms with Gasteiger partial charge in [-0.05, 0) is 19.8 Å². The van der Waals surface area contributed by atoms with E-state index in [1.54, 1.807) is 0 Å². The van der Waals surface area contributed by atoms with Gasteiger partial charge in [-0.25, -0.2) is 0 Å². The van der Waals surface area contributed by atoms with Gasteiger partial charge in [0.15, 0.2) is 0 Å². The molecule has 0 spiro atoms. The zero-order chi connectivity index (χ0) is 18.9. The summed E-state index contributed by atoms with van der Waals surface area (Å²) in [5.74, 6) is -4.71. The second-order valence-corrected chi connectivity index (χ2v) is 5.17. The van der Waals surface area contributed by atoms with Crippen LogP contribution in [-0.2, 0) is 24.0 Å². The number of rotatable bonds is 11. The molecule has 0 radical (unpaired) electrons. The lowest BCUT2D eigenvalue weighted by molar-refractivity contribution is -0.141. The lowest BCUT2D eigenvalue weighted by atomic mass is 10.1. The lowest BCUT2D eigenvalue weighted by Crippen LogP contribution is -2.54. The predicted octanol–water partition coefficient (Wildman–Crippen LogP) is -2.48. The molecule has 0 bridgehead atoms. The van der Waals surface area contributed by atoms with Crippen molar-refractivity contribution in [3.05, 3.63) is 0 Å². The molecule has 24 heavy (non-hydrogen) atoms. The van der Waals surface area contributed by atoms with Gasteiger partial charge in [0.25, 0.3) is 0 Å². The molecule has 0 rings (SSSR count). The van der Waals surface area contributed by atoms with Gasteiger partial charge in [-0.1, -0.05) is 0 Å². The van der Waals surface area contributed by atoms with Crippen LogP contribution >= 0.6 is 0 Å². The molecular formula is C13H22N4O7. The maximum atomic E-state index is 12.0. The highest BCUT2D eigenvalue weighted by Gasteiger charge is 2.26. The number of nitrogens with two attached hydrogens (primary N) is 2. The van der Waals surface area contributed by atoms with Crippen LogP contribution in [0.2, 0.25) is 0 Å². The highest BCUT2D eigenvalue weighted by molar-refractivity contribution is 5.92. The average Bonchev–Trinajstić information content (AvgIpc) is 2.47. The Hall–Kier alpha value is -2.69. The van der Waals surface area contributed by atoms with Crippen molar-refractivity contribution >= 4 is 29.7 Å². The van der Waals surface area contributed by atoms with Gasteiger partial charge in [-0.15, -0.1) is 0 Å². The third-order valence-electron chi connectivity index (χ3n) is 3.05. The Bertz CT molecular complexity index is 509. The van der Waals surface area contributed by atoms with Crippen molar-refractivity contribution < 1.29 is 34.2 Å². The summed E-state index contributed by atoms with van der Waals surface area (Å²) in [4.78, 5) is 56.0. The molecule has 0 aromatic rings. The second-order valence-electron chi connectivity index (χ2n) is 5.17. The highest BCUT2D eigenvalue weighted by Crippen LogP contribution is 2.02. The van der Waals surface area contributed by atoms with Crippen LogP contribution < -0.4 is 22.1 Å². The average molecular weight is 346 g/mol. The molecule has 0 saturated heterocycles. The van der Waals surface area contributed by atoms with E-state index >= 15 is 0 Å². The van der Waals surface area contributed by atoms with Crippen molar-refractivity contribution in [2.24, 2.45) is 11.5 Å². The minimum Gasteiger partial charge on any atom is -0.481 e. The summed E-state index contributed by atoms with van der Waals surface area (Å²) in [6.45, 7) is 1.23. The van der Waals surface area contributed by atoms with Crippen LogP contribution in [0.1, 0.15) is 32.6 Å². The standard InChI is InChI=1S/C13H22N4O7/c1-6(13(23)24)16-12(22)8(3-4-9(15)18)17-11(21)7(14)2-5-10(19)20/h6-8H,2-5,14H2,1H3,(H2,15,18)(H,16,22)(H,17,21)(H,19,20)(H,23,24). The molecule has 8 N–H and O–H groups in total. The van der Waals surface area contributed by atoms with Crippen molar-refractivity contribution in [1.29, 1.82) is 0 Å². The summed E-state index contributed by atoms with van der Waals surface area (Å²) < 4.78 is 0. The summed E-state index contributed by atoms with van der Waals surface area (Å²) in [5.41, 5.74) is 10.5. The van der Waals surface area contributed by atoms with Gasteiger partial charge in [-0.2, -0.15) is 0 Å². The molecule has 0 aromatic heterocycles. The third-order valence-corrected chi connectivity index (χ3v) is 3.05. The molecule has 0 saturated carbocycles. The van der Waals surface area contributed by atoms with Crippen molar-refractivity contribution in [1.82, 2.24) is 10.6 Å². The number of carbonyl (C=O) groups excluding carboxylic acids is 3. The topological polar surface area (TPSA) is 202 Å². The number of hydrogen-bond acceptors (Lipinski definition) is 6. The van der Waals surface area contributed by atoms with E-state index in [2.05, 4.69) is 10.6 Å². The molecule has 0 aliphatic rings. The van der Waals surface area contributed by atoms with E-state index in [1.165, 1.54) is 6.92 Å². The largest absolute Gasteiger partial charge is 0.481 e. The molecule has 0 aromatic carbocycles. The molecule has 3 unspecified atom stereocenters. The van der Waals surface area contributed by atoms with Gasteiger partial charge in [0, 0.05) is 12.8 Å². The highest BCUT2D eigenvalue weighted by atomic mass is 16.4. The van der Waals surface area contributed by atoms with E-state index in [0.29, 0.717) is 0 Å². The van der Waals surface area contributed by atoms with E-state index in [0.717, 1.165) is 0 Å². The van der Waals surface area contributed by atoms with E-state index in [1.807, 2.05) is 0 Å². The second kappa shape index (κ2) is 10.2. The summed E-state index contributed by atoms with van der Waals surface area (Å²) in [7, 11) is 0. The molecule has 0 heterocycles. The first-order valence-electron chi connectivity index (χ1n) is 7.13. The SMILES string of the molecule is CC(NC(=O)C(CCC(N)=O)NC(=O)C(N)CCC(=O)O)C(=O)O. The Kier molecular flexibility index (Phi) is 9.02. The van der Waals surface area contributed by atoms with Gasteiger partial charge >= 0.3 is 11.9 Å². The van der Waals surface area contributed by atoms with Gasteiger partial charge in [0.1, 0.15) is 12.1 Å². The molecule has 3 amide bonds. The third kappa shape index (κ3) is 8.68. The lowest BCUT2D eigenvalue weighted by Gasteiger charge is -2.21. The fraction of sp³-hybridized carbons (Fsp3) is 0.615. The molecule has 136 valence electrons. The normalized spacial score (nSPS) is 14.1.